The predicted molar refractivity (Wildman–Crippen MR) is 127 cm³/mol. The molecule has 6 heteroatoms. The highest BCUT2D eigenvalue weighted by molar-refractivity contribution is 6.07. The van der Waals surface area contributed by atoms with Gasteiger partial charge in [0.05, 0.1) is 23.0 Å². The van der Waals surface area contributed by atoms with Crippen LogP contribution in [0.1, 0.15) is 39.3 Å². The van der Waals surface area contributed by atoms with E-state index in [-0.39, 0.29) is 17.9 Å². The van der Waals surface area contributed by atoms with Crippen molar-refractivity contribution < 1.29 is 14.0 Å². The summed E-state index contributed by atoms with van der Waals surface area (Å²) in [5, 5.41) is 4.04. The molecule has 1 fully saturated rings. The number of piperidine rings is 1. The molecule has 2 aromatic heterocycles. The maximum absolute atomic E-state index is 13.4. The number of furan rings is 1. The van der Waals surface area contributed by atoms with Crippen molar-refractivity contribution in [2.45, 2.75) is 25.8 Å². The molecule has 3 heterocycles. The Morgan fingerprint density at radius 3 is 2.52 bits per heavy atom. The van der Waals surface area contributed by atoms with Crippen molar-refractivity contribution in [3.05, 3.63) is 89.9 Å². The second-order valence-corrected chi connectivity index (χ2v) is 8.46. The average molecular weight is 440 g/mol. The third kappa shape index (κ3) is 4.37. The summed E-state index contributed by atoms with van der Waals surface area (Å²) in [6.07, 6.45) is 2.90. The zero-order valence-electron chi connectivity index (χ0n) is 18.5. The lowest BCUT2D eigenvalue weighted by atomic mass is 10.0. The summed E-state index contributed by atoms with van der Waals surface area (Å²) in [5.41, 5.74) is 4.24. The zero-order chi connectivity index (χ0) is 22.8. The summed E-state index contributed by atoms with van der Waals surface area (Å²) in [6.45, 7) is 3.17. The summed E-state index contributed by atoms with van der Waals surface area (Å²) >= 11 is 0. The van der Waals surface area contributed by atoms with Crippen LogP contribution >= 0.6 is 0 Å². The van der Waals surface area contributed by atoms with Gasteiger partial charge in [0.15, 0.2) is 5.76 Å². The first-order chi connectivity index (χ1) is 16.1. The topological polar surface area (TPSA) is 75.4 Å². The van der Waals surface area contributed by atoms with Crippen molar-refractivity contribution in [2.24, 2.45) is 0 Å². The van der Waals surface area contributed by atoms with Crippen LogP contribution in [-0.4, -0.2) is 40.8 Å². The molecule has 166 valence electrons. The molecular formula is C27H25N3O3. The molecule has 0 unspecified atom stereocenters. The maximum atomic E-state index is 13.4. The van der Waals surface area contributed by atoms with Gasteiger partial charge in [0.1, 0.15) is 0 Å². The number of benzene rings is 2. The highest BCUT2D eigenvalue weighted by atomic mass is 16.3. The van der Waals surface area contributed by atoms with E-state index in [0.29, 0.717) is 37.3 Å². The molecule has 6 nitrogen and oxygen atoms in total. The van der Waals surface area contributed by atoms with Gasteiger partial charge in [-0.25, -0.2) is 4.98 Å². The SMILES string of the molecule is Cc1ccc2nc(-c3ccccc3)cc(C(=O)NC3CCN(C(=O)c4ccco4)CC3)c2c1. The number of pyridine rings is 1. The largest absolute Gasteiger partial charge is 0.459 e. The van der Waals surface area contributed by atoms with Gasteiger partial charge in [-0.3, -0.25) is 9.59 Å². The van der Waals surface area contributed by atoms with Crippen molar-refractivity contribution in [3.63, 3.8) is 0 Å². The van der Waals surface area contributed by atoms with E-state index in [1.165, 1.54) is 6.26 Å². The number of likely N-dealkylation sites (tertiary alicyclic amines) is 1. The third-order valence-corrected chi connectivity index (χ3v) is 6.13. The summed E-state index contributed by atoms with van der Waals surface area (Å²) in [4.78, 5) is 32.5. The number of fused-ring (bicyclic) bond motifs is 1. The molecule has 0 bridgehead atoms. The van der Waals surface area contributed by atoms with E-state index < -0.39 is 0 Å². The second kappa shape index (κ2) is 8.90. The zero-order valence-corrected chi connectivity index (χ0v) is 18.5. The minimum Gasteiger partial charge on any atom is -0.459 e. The van der Waals surface area contributed by atoms with Gasteiger partial charge in [-0.15, -0.1) is 0 Å². The molecule has 0 atom stereocenters. The van der Waals surface area contributed by atoms with Crippen molar-refractivity contribution in [3.8, 4) is 11.3 Å². The first kappa shape index (κ1) is 20.9. The third-order valence-electron chi connectivity index (χ3n) is 6.13. The summed E-state index contributed by atoms with van der Waals surface area (Å²) in [6, 6.07) is 21.1. The number of nitrogens with one attached hydrogen (secondary N) is 1. The van der Waals surface area contributed by atoms with Crippen LogP contribution in [0.4, 0.5) is 0 Å². The average Bonchev–Trinajstić information content (AvgIpc) is 3.39. The lowest BCUT2D eigenvalue weighted by Gasteiger charge is -2.32. The number of carbonyl (C=O) groups excluding carboxylic acids is 2. The molecule has 2 amide bonds. The normalized spacial score (nSPS) is 14.4. The van der Waals surface area contributed by atoms with E-state index in [1.54, 1.807) is 17.0 Å². The molecule has 1 saturated heterocycles. The van der Waals surface area contributed by atoms with Crippen LogP contribution in [0.25, 0.3) is 22.2 Å². The molecule has 1 N–H and O–H groups in total. The molecule has 0 radical (unpaired) electrons. The minimum atomic E-state index is -0.110. The predicted octanol–water partition coefficient (Wildman–Crippen LogP) is 4.84. The number of hydrogen-bond acceptors (Lipinski definition) is 4. The Bertz CT molecular complexity index is 1290. The number of aromatic nitrogens is 1. The van der Waals surface area contributed by atoms with Gasteiger partial charge in [0.2, 0.25) is 0 Å². The monoisotopic (exact) mass is 439 g/mol. The van der Waals surface area contributed by atoms with Gasteiger partial charge in [0, 0.05) is 30.1 Å². The van der Waals surface area contributed by atoms with E-state index in [4.69, 9.17) is 9.40 Å². The Morgan fingerprint density at radius 1 is 1.00 bits per heavy atom. The summed E-state index contributed by atoms with van der Waals surface area (Å²) < 4.78 is 5.23. The van der Waals surface area contributed by atoms with Crippen molar-refractivity contribution >= 4 is 22.7 Å². The summed E-state index contributed by atoms with van der Waals surface area (Å²) in [7, 11) is 0. The van der Waals surface area contributed by atoms with Crippen molar-refractivity contribution in [2.75, 3.05) is 13.1 Å². The fraction of sp³-hybridized carbons (Fsp3) is 0.222. The van der Waals surface area contributed by atoms with Crippen LogP contribution in [0.2, 0.25) is 0 Å². The number of carbonyl (C=O) groups is 2. The first-order valence-electron chi connectivity index (χ1n) is 11.2. The molecule has 0 aliphatic carbocycles. The van der Waals surface area contributed by atoms with Gasteiger partial charge in [-0.2, -0.15) is 0 Å². The number of nitrogens with zero attached hydrogens (tertiary/aromatic N) is 2. The van der Waals surface area contributed by atoms with Crippen molar-refractivity contribution in [1.29, 1.82) is 0 Å². The molecule has 2 aromatic carbocycles. The van der Waals surface area contributed by atoms with Gasteiger partial charge >= 0.3 is 0 Å². The van der Waals surface area contributed by atoms with Gasteiger partial charge in [0.25, 0.3) is 11.8 Å². The lowest BCUT2D eigenvalue weighted by molar-refractivity contribution is 0.0667. The molecule has 5 rings (SSSR count). The number of aryl methyl sites for hydroxylation is 1. The maximum Gasteiger partial charge on any atom is 0.289 e. The Balaban J connectivity index is 1.36. The Morgan fingerprint density at radius 2 is 1.79 bits per heavy atom. The second-order valence-electron chi connectivity index (χ2n) is 8.46. The molecular weight excluding hydrogens is 414 g/mol. The van der Waals surface area contributed by atoms with E-state index in [2.05, 4.69) is 5.32 Å². The molecule has 1 aliphatic rings. The number of rotatable bonds is 4. The molecule has 0 saturated carbocycles. The molecule has 4 aromatic rings. The van der Waals surface area contributed by atoms with Gasteiger partial charge < -0.3 is 14.6 Å². The number of hydrogen-bond donors (Lipinski definition) is 1. The van der Waals surface area contributed by atoms with E-state index in [9.17, 15) is 9.59 Å². The Labute approximate surface area is 192 Å². The minimum absolute atomic E-state index is 0.00588. The van der Waals surface area contributed by atoms with Crippen LogP contribution in [0.15, 0.2) is 77.4 Å². The Kier molecular flexibility index (Phi) is 5.65. The molecule has 1 aliphatic heterocycles. The smallest absolute Gasteiger partial charge is 0.289 e. The standard InChI is InChI=1S/C27H25N3O3/c1-18-9-10-23-21(16-18)22(17-24(29-23)19-6-3-2-4-7-19)26(31)28-20-11-13-30(14-12-20)27(32)25-8-5-15-33-25/h2-10,15-17,20H,11-14H2,1H3,(H,28,31). The fourth-order valence-electron chi connectivity index (χ4n) is 4.33. The van der Waals surface area contributed by atoms with Crippen LogP contribution in [0, 0.1) is 6.92 Å². The molecule has 33 heavy (non-hydrogen) atoms. The van der Waals surface area contributed by atoms with Crippen LogP contribution in [0.5, 0.6) is 0 Å². The van der Waals surface area contributed by atoms with E-state index in [1.807, 2.05) is 61.5 Å². The van der Waals surface area contributed by atoms with Gasteiger partial charge in [-0.1, -0.05) is 42.0 Å². The highest BCUT2D eigenvalue weighted by Gasteiger charge is 2.26. The fourth-order valence-corrected chi connectivity index (χ4v) is 4.33. The van der Waals surface area contributed by atoms with E-state index in [0.717, 1.165) is 27.7 Å². The van der Waals surface area contributed by atoms with Crippen LogP contribution in [-0.2, 0) is 0 Å². The quantitative estimate of drug-likeness (QED) is 0.494. The van der Waals surface area contributed by atoms with E-state index >= 15 is 0 Å². The van der Waals surface area contributed by atoms with Gasteiger partial charge in [-0.05, 0) is 50.1 Å². The van der Waals surface area contributed by atoms with Crippen LogP contribution in [0.3, 0.4) is 0 Å². The number of amides is 2. The Hall–Kier alpha value is -3.93. The first-order valence-corrected chi connectivity index (χ1v) is 11.2. The summed E-state index contributed by atoms with van der Waals surface area (Å²) in [5.74, 6) is 0.137. The van der Waals surface area contributed by atoms with Crippen molar-refractivity contribution in [1.82, 2.24) is 15.2 Å². The highest BCUT2D eigenvalue weighted by Crippen LogP contribution is 2.26. The molecule has 0 spiro atoms. The van der Waals surface area contributed by atoms with Crippen LogP contribution < -0.4 is 5.32 Å². The lowest BCUT2D eigenvalue weighted by Crippen LogP contribution is -2.46.